The van der Waals surface area contributed by atoms with Crippen molar-refractivity contribution >= 4 is 29.9 Å². The Morgan fingerprint density at radius 2 is 1.68 bits per heavy atom. The van der Waals surface area contributed by atoms with Gasteiger partial charge in [0, 0.05) is 57.4 Å². The third kappa shape index (κ3) is 7.29. The van der Waals surface area contributed by atoms with Crippen LogP contribution in [0, 0.1) is 0 Å². The first-order valence-corrected chi connectivity index (χ1v) is 11.3. The molecule has 7 heteroatoms. The smallest absolute Gasteiger partial charge is 0.191 e. The minimum Gasteiger partial charge on any atom is -0.357 e. The SMILES string of the molecule is CCNC(=NCC1CN(C)CCN1C)NC1CCN(C2CCCCC2)CC1.I. The molecule has 2 heterocycles. The second kappa shape index (κ2) is 12.5. The van der Waals surface area contributed by atoms with Gasteiger partial charge in [0.1, 0.15) is 0 Å². The molecule has 0 aromatic rings. The second-order valence-corrected chi connectivity index (χ2v) is 8.86. The Hall–Kier alpha value is -0.120. The van der Waals surface area contributed by atoms with Crippen molar-refractivity contribution in [1.29, 1.82) is 0 Å². The van der Waals surface area contributed by atoms with Crippen LogP contribution in [0.2, 0.25) is 0 Å². The number of nitrogens with one attached hydrogen (secondary N) is 2. The molecule has 0 radical (unpaired) electrons. The van der Waals surface area contributed by atoms with E-state index < -0.39 is 0 Å². The summed E-state index contributed by atoms with van der Waals surface area (Å²) >= 11 is 0. The highest BCUT2D eigenvalue weighted by molar-refractivity contribution is 14.0. The Bertz CT molecular complexity index is 460. The van der Waals surface area contributed by atoms with Gasteiger partial charge in [-0.05, 0) is 46.7 Å². The zero-order chi connectivity index (χ0) is 19.1. The number of guanidine groups is 1. The van der Waals surface area contributed by atoms with Crippen LogP contribution in [0.3, 0.4) is 0 Å². The van der Waals surface area contributed by atoms with Crippen molar-refractivity contribution < 1.29 is 0 Å². The summed E-state index contributed by atoms with van der Waals surface area (Å²) in [4.78, 5) is 12.6. The van der Waals surface area contributed by atoms with Gasteiger partial charge in [-0.1, -0.05) is 19.3 Å². The van der Waals surface area contributed by atoms with Gasteiger partial charge in [-0.15, -0.1) is 24.0 Å². The van der Waals surface area contributed by atoms with Crippen LogP contribution in [0.5, 0.6) is 0 Å². The van der Waals surface area contributed by atoms with E-state index in [1.165, 1.54) is 58.0 Å². The predicted molar refractivity (Wildman–Crippen MR) is 130 cm³/mol. The van der Waals surface area contributed by atoms with E-state index in [9.17, 15) is 0 Å². The molecule has 1 unspecified atom stereocenters. The number of piperidine rings is 1. The van der Waals surface area contributed by atoms with Crippen molar-refractivity contribution in [3.05, 3.63) is 0 Å². The zero-order valence-corrected chi connectivity index (χ0v) is 20.7. The molecule has 0 aromatic carbocycles. The highest BCUT2D eigenvalue weighted by Gasteiger charge is 2.27. The van der Waals surface area contributed by atoms with E-state index in [-0.39, 0.29) is 24.0 Å². The lowest BCUT2D eigenvalue weighted by Crippen LogP contribution is -2.53. The summed E-state index contributed by atoms with van der Waals surface area (Å²) in [5.74, 6) is 1.01. The third-order valence-corrected chi connectivity index (χ3v) is 6.75. The van der Waals surface area contributed by atoms with E-state index in [4.69, 9.17) is 4.99 Å². The van der Waals surface area contributed by atoms with E-state index in [0.717, 1.165) is 44.7 Å². The quantitative estimate of drug-likeness (QED) is 0.340. The number of halogens is 1. The molecule has 3 rings (SSSR count). The normalized spacial score (nSPS) is 27.4. The van der Waals surface area contributed by atoms with Gasteiger partial charge in [-0.2, -0.15) is 0 Å². The van der Waals surface area contributed by atoms with Crippen LogP contribution >= 0.6 is 24.0 Å². The number of rotatable bonds is 5. The van der Waals surface area contributed by atoms with Crippen LogP contribution in [0.25, 0.3) is 0 Å². The average Bonchev–Trinajstić information content (AvgIpc) is 2.70. The fraction of sp³-hybridized carbons (Fsp3) is 0.952. The van der Waals surface area contributed by atoms with Crippen LogP contribution in [0.1, 0.15) is 51.9 Å². The molecule has 3 aliphatic rings. The van der Waals surface area contributed by atoms with Crippen molar-refractivity contribution in [2.24, 2.45) is 4.99 Å². The number of aliphatic imine (C=N–C) groups is 1. The van der Waals surface area contributed by atoms with Crippen molar-refractivity contribution in [3.63, 3.8) is 0 Å². The van der Waals surface area contributed by atoms with Crippen LogP contribution in [0.15, 0.2) is 4.99 Å². The Morgan fingerprint density at radius 1 is 0.964 bits per heavy atom. The second-order valence-electron chi connectivity index (χ2n) is 8.86. The molecule has 0 amide bonds. The first-order chi connectivity index (χ1) is 13.2. The van der Waals surface area contributed by atoms with E-state index in [2.05, 4.69) is 46.4 Å². The van der Waals surface area contributed by atoms with E-state index in [1.54, 1.807) is 0 Å². The first kappa shape index (κ1) is 24.2. The Labute approximate surface area is 189 Å². The largest absolute Gasteiger partial charge is 0.357 e. The molecule has 2 saturated heterocycles. The van der Waals surface area contributed by atoms with E-state index in [0.29, 0.717) is 12.1 Å². The van der Waals surface area contributed by atoms with Crippen LogP contribution < -0.4 is 10.6 Å². The van der Waals surface area contributed by atoms with Gasteiger partial charge in [0.25, 0.3) is 0 Å². The van der Waals surface area contributed by atoms with Gasteiger partial charge in [-0.3, -0.25) is 9.89 Å². The molecule has 1 saturated carbocycles. The highest BCUT2D eigenvalue weighted by Crippen LogP contribution is 2.25. The third-order valence-electron chi connectivity index (χ3n) is 6.75. The maximum atomic E-state index is 4.94. The summed E-state index contributed by atoms with van der Waals surface area (Å²) in [5, 5.41) is 7.19. The molecule has 164 valence electrons. The molecule has 0 aromatic heterocycles. The maximum absolute atomic E-state index is 4.94. The number of piperazine rings is 1. The molecule has 0 spiro atoms. The van der Waals surface area contributed by atoms with Crippen LogP contribution in [-0.2, 0) is 0 Å². The molecule has 3 fully saturated rings. The molecule has 2 N–H and O–H groups in total. The van der Waals surface area contributed by atoms with Crippen molar-refractivity contribution in [2.75, 3.05) is 59.9 Å². The summed E-state index contributed by atoms with van der Waals surface area (Å²) in [5.41, 5.74) is 0. The van der Waals surface area contributed by atoms with Crippen molar-refractivity contribution in [1.82, 2.24) is 25.3 Å². The lowest BCUT2D eigenvalue weighted by molar-refractivity contribution is 0.118. The number of likely N-dealkylation sites (tertiary alicyclic amines) is 1. The van der Waals surface area contributed by atoms with Gasteiger partial charge < -0.3 is 20.4 Å². The molecule has 1 aliphatic carbocycles. The molecular weight excluding hydrogens is 463 g/mol. The van der Waals surface area contributed by atoms with Crippen molar-refractivity contribution in [2.45, 2.75) is 70.0 Å². The lowest BCUT2D eigenvalue weighted by Gasteiger charge is -2.40. The number of hydrogen-bond donors (Lipinski definition) is 2. The van der Waals surface area contributed by atoms with E-state index >= 15 is 0 Å². The number of hydrogen-bond acceptors (Lipinski definition) is 4. The van der Waals surface area contributed by atoms with Gasteiger partial charge in [-0.25, -0.2) is 0 Å². The molecular formula is C21H43IN6. The van der Waals surface area contributed by atoms with Gasteiger partial charge in [0.15, 0.2) is 5.96 Å². The van der Waals surface area contributed by atoms with Gasteiger partial charge >= 0.3 is 0 Å². The standard InChI is InChI=1S/C21H42N6.HI/c1-4-22-21(23-16-20-17-25(2)14-15-26(20)3)24-18-10-12-27(13-11-18)19-8-6-5-7-9-19;/h18-20H,4-17H2,1-3H3,(H2,22,23,24);1H. The molecule has 2 aliphatic heterocycles. The molecule has 0 bridgehead atoms. The summed E-state index contributed by atoms with van der Waals surface area (Å²) in [6.07, 6.45) is 9.65. The monoisotopic (exact) mass is 506 g/mol. The van der Waals surface area contributed by atoms with Crippen LogP contribution in [0.4, 0.5) is 0 Å². The summed E-state index contributed by atoms with van der Waals surface area (Å²) in [6.45, 7) is 9.86. The fourth-order valence-electron chi connectivity index (χ4n) is 4.86. The van der Waals surface area contributed by atoms with Crippen LogP contribution in [-0.4, -0.2) is 98.7 Å². The topological polar surface area (TPSA) is 46.1 Å². The first-order valence-electron chi connectivity index (χ1n) is 11.3. The Morgan fingerprint density at radius 3 is 2.36 bits per heavy atom. The summed E-state index contributed by atoms with van der Waals surface area (Å²) in [6, 6.07) is 1.95. The zero-order valence-electron chi connectivity index (χ0n) is 18.3. The predicted octanol–water partition coefficient (Wildman–Crippen LogP) is 2.20. The molecule has 1 atom stereocenters. The average molecular weight is 507 g/mol. The van der Waals surface area contributed by atoms with Gasteiger partial charge in [0.2, 0.25) is 0 Å². The Kier molecular flexibility index (Phi) is 10.8. The van der Waals surface area contributed by atoms with Crippen molar-refractivity contribution in [3.8, 4) is 0 Å². The molecule has 6 nitrogen and oxygen atoms in total. The fourth-order valence-corrected chi connectivity index (χ4v) is 4.86. The number of nitrogens with zero attached hydrogens (tertiary/aromatic N) is 4. The molecule has 28 heavy (non-hydrogen) atoms. The Balaban J connectivity index is 0.00000280. The maximum Gasteiger partial charge on any atom is 0.191 e. The lowest BCUT2D eigenvalue weighted by atomic mass is 9.92. The summed E-state index contributed by atoms with van der Waals surface area (Å²) in [7, 11) is 4.45. The minimum absolute atomic E-state index is 0. The number of likely N-dealkylation sites (N-methyl/N-ethyl adjacent to an activating group) is 2. The summed E-state index contributed by atoms with van der Waals surface area (Å²) < 4.78 is 0. The minimum atomic E-state index is 0. The van der Waals surface area contributed by atoms with E-state index in [1.807, 2.05) is 0 Å². The highest BCUT2D eigenvalue weighted by atomic mass is 127. The van der Waals surface area contributed by atoms with Gasteiger partial charge in [0.05, 0.1) is 6.54 Å².